The number of nitrogens with two attached hydrogens (primary N) is 1. The van der Waals surface area contributed by atoms with Gasteiger partial charge in [-0.05, 0) is 29.1 Å². The van der Waals surface area contributed by atoms with Crippen LogP contribution in [0.5, 0.6) is 5.75 Å². The predicted octanol–water partition coefficient (Wildman–Crippen LogP) is 3.66. The van der Waals surface area contributed by atoms with E-state index in [9.17, 15) is 0 Å². The van der Waals surface area contributed by atoms with Crippen LogP contribution in [0.4, 0.5) is 5.88 Å². The van der Waals surface area contributed by atoms with Gasteiger partial charge in [0.05, 0.1) is 17.6 Å². The number of benzene rings is 1. The first-order valence-electron chi connectivity index (χ1n) is 5.73. The fraction of sp³-hybridized carbons (Fsp3) is 0.0714. The quantitative estimate of drug-likeness (QED) is 0.790. The van der Waals surface area contributed by atoms with Gasteiger partial charge >= 0.3 is 0 Å². The fourth-order valence-corrected chi connectivity index (χ4v) is 2.65. The molecule has 0 aliphatic carbocycles. The summed E-state index contributed by atoms with van der Waals surface area (Å²) < 4.78 is 10.4. The first kappa shape index (κ1) is 11.8. The van der Waals surface area contributed by atoms with Crippen molar-refractivity contribution < 1.29 is 9.26 Å². The van der Waals surface area contributed by atoms with Gasteiger partial charge in [0, 0.05) is 0 Å². The van der Waals surface area contributed by atoms with E-state index in [0.717, 1.165) is 27.4 Å². The summed E-state index contributed by atoms with van der Waals surface area (Å²) in [6.07, 6.45) is 0. The SMILES string of the molecule is COc1cccc(-c2c(-c3cccs3)noc2N)c1. The van der Waals surface area contributed by atoms with Crippen molar-refractivity contribution in [3.05, 3.63) is 41.8 Å². The minimum atomic E-state index is 0.316. The van der Waals surface area contributed by atoms with Crippen LogP contribution < -0.4 is 10.5 Å². The molecule has 3 aromatic rings. The number of nitrogen functional groups attached to an aromatic ring is 1. The van der Waals surface area contributed by atoms with E-state index in [1.54, 1.807) is 18.4 Å². The van der Waals surface area contributed by atoms with Gasteiger partial charge in [-0.15, -0.1) is 11.3 Å². The van der Waals surface area contributed by atoms with Gasteiger partial charge in [0.1, 0.15) is 11.4 Å². The minimum absolute atomic E-state index is 0.316. The van der Waals surface area contributed by atoms with Crippen LogP contribution in [0.15, 0.2) is 46.3 Å². The molecule has 0 unspecified atom stereocenters. The molecule has 0 fully saturated rings. The molecule has 0 radical (unpaired) electrons. The zero-order chi connectivity index (χ0) is 13.2. The zero-order valence-corrected chi connectivity index (χ0v) is 11.1. The number of aromatic nitrogens is 1. The highest BCUT2D eigenvalue weighted by atomic mass is 32.1. The van der Waals surface area contributed by atoms with Crippen LogP contribution in [-0.4, -0.2) is 12.3 Å². The van der Waals surface area contributed by atoms with Crippen molar-refractivity contribution in [2.45, 2.75) is 0 Å². The maximum absolute atomic E-state index is 5.91. The summed E-state index contributed by atoms with van der Waals surface area (Å²) in [4.78, 5) is 1.03. The Kier molecular flexibility index (Phi) is 2.97. The molecule has 2 heterocycles. The Hall–Kier alpha value is -2.27. The van der Waals surface area contributed by atoms with Gasteiger partial charge in [0.15, 0.2) is 0 Å². The van der Waals surface area contributed by atoms with Crippen LogP contribution in [0.25, 0.3) is 21.7 Å². The smallest absolute Gasteiger partial charge is 0.230 e. The molecule has 0 aliphatic heterocycles. The molecule has 5 heteroatoms. The first-order valence-corrected chi connectivity index (χ1v) is 6.61. The summed E-state index contributed by atoms with van der Waals surface area (Å²) in [6.45, 7) is 0. The van der Waals surface area contributed by atoms with E-state index in [4.69, 9.17) is 15.0 Å². The van der Waals surface area contributed by atoms with E-state index >= 15 is 0 Å². The highest BCUT2D eigenvalue weighted by molar-refractivity contribution is 7.13. The number of hydrogen-bond acceptors (Lipinski definition) is 5. The summed E-state index contributed by atoms with van der Waals surface area (Å²) in [5, 5.41) is 6.06. The summed E-state index contributed by atoms with van der Waals surface area (Å²) in [5.74, 6) is 1.09. The summed E-state index contributed by atoms with van der Waals surface area (Å²) in [5.41, 5.74) is 8.41. The van der Waals surface area contributed by atoms with Crippen molar-refractivity contribution in [2.24, 2.45) is 0 Å². The van der Waals surface area contributed by atoms with Crippen LogP contribution in [0.1, 0.15) is 0 Å². The minimum Gasteiger partial charge on any atom is -0.497 e. The van der Waals surface area contributed by atoms with Gasteiger partial charge in [0.25, 0.3) is 0 Å². The fourth-order valence-electron chi connectivity index (χ4n) is 1.94. The van der Waals surface area contributed by atoms with E-state index in [0.29, 0.717) is 5.88 Å². The summed E-state index contributed by atoms with van der Waals surface area (Å²) in [7, 11) is 1.64. The lowest BCUT2D eigenvalue weighted by Gasteiger charge is -2.04. The Labute approximate surface area is 114 Å². The Morgan fingerprint density at radius 1 is 1.26 bits per heavy atom. The molecule has 0 saturated carbocycles. The van der Waals surface area contributed by atoms with Crippen molar-refractivity contribution in [3.63, 3.8) is 0 Å². The molecular weight excluding hydrogens is 260 g/mol. The molecule has 1 aromatic carbocycles. The molecule has 0 atom stereocenters. The molecule has 0 aliphatic rings. The van der Waals surface area contributed by atoms with Crippen molar-refractivity contribution in [2.75, 3.05) is 12.8 Å². The second-order valence-electron chi connectivity index (χ2n) is 3.98. The van der Waals surface area contributed by atoms with E-state index < -0.39 is 0 Å². The Bertz CT molecular complexity index is 689. The molecule has 4 nitrogen and oxygen atoms in total. The number of thiophene rings is 1. The third-order valence-corrected chi connectivity index (χ3v) is 3.71. The van der Waals surface area contributed by atoms with Crippen LogP contribution in [0.3, 0.4) is 0 Å². The molecule has 2 N–H and O–H groups in total. The predicted molar refractivity (Wildman–Crippen MR) is 76.2 cm³/mol. The van der Waals surface area contributed by atoms with E-state index in [1.807, 2.05) is 41.8 Å². The average Bonchev–Trinajstić information content (AvgIpc) is 3.07. The van der Waals surface area contributed by atoms with Gasteiger partial charge in [-0.3, -0.25) is 0 Å². The second-order valence-corrected chi connectivity index (χ2v) is 4.93. The summed E-state index contributed by atoms with van der Waals surface area (Å²) in [6, 6.07) is 11.6. The maximum atomic E-state index is 5.91. The Morgan fingerprint density at radius 3 is 2.89 bits per heavy atom. The van der Waals surface area contributed by atoms with E-state index in [1.165, 1.54) is 0 Å². The second kappa shape index (κ2) is 4.78. The number of methoxy groups -OCH3 is 1. The molecule has 19 heavy (non-hydrogen) atoms. The lowest BCUT2D eigenvalue weighted by Crippen LogP contribution is -1.88. The van der Waals surface area contributed by atoms with Crippen LogP contribution in [0, 0.1) is 0 Å². The zero-order valence-electron chi connectivity index (χ0n) is 10.3. The number of hydrogen-bond donors (Lipinski definition) is 1. The largest absolute Gasteiger partial charge is 0.497 e. The number of ether oxygens (including phenoxy) is 1. The third kappa shape index (κ3) is 2.08. The lowest BCUT2D eigenvalue weighted by molar-refractivity contribution is 0.415. The van der Waals surface area contributed by atoms with Gasteiger partial charge in [0.2, 0.25) is 5.88 Å². The number of nitrogens with zero attached hydrogens (tertiary/aromatic N) is 1. The molecule has 0 amide bonds. The number of rotatable bonds is 3. The summed E-state index contributed by atoms with van der Waals surface area (Å²) >= 11 is 1.60. The highest BCUT2D eigenvalue weighted by Crippen LogP contribution is 2.38. The molecule has 0 bridgehead atoms. The molecule has 3 rings (SSSR count). The monoisotopic (exact) mass is 272 g/mol. The van der Waals surface area contributed by atoms with Gasteiger partial charge < -0.3 is 15.0 Å². The standard InChI is InChI=1S/C14H12N2O2S/c1-17-10-5-2-4-9(8-10)12-13(16-18-14(12)15)11-6-3-7-19-11/h2-8H,15H2,1H3. The van der Waals surface area contributed by atoms with Crippen molar-refractivity contribution >= 4 is 17.2 Å². The van der Waals surface area contributed by atoms with E-state index in [-0.39, 0.29) is 0 Å². The van der Waals surface area contributed by atoms with Gasteiger partial charge in [-0.25, -0.2) is 0 Å². The van der Waals surface area contributed by atoms with Crippen LogP contribution in [-0.2, 0) is 0 Å². The maximum Gasteiger partial charge on any atom is 0.230 e. The van der Waals surface area contributed by atoms with Crippen molar-refractivity contribution in [1.29, 1.82) is 0 Å². The topological polar surface area (TPSA) is 61.3 Å². The first-order chi connectivity index (χ1) is 9.29. The third-order valence-electron chi connectivity index (χ3n) is 2.83. The highest BCUT2D eigenvalue weighted by Gasteiger charge is 2.18. The molecule has 0 saturated heterocycles. The van der Waals surface area contributed by atoms with Crippen molar-refractivity contribution in [1.82, 2.24) is 5.16 Å². The average molecular weight is 272 g/mol. The van der Waals surface area contributed by atoms with Gasteiger partial charge in [-0.2, -0.15) is 0 Å². The Balaban J connectivity index is 2.16. The normalized spacial score (nSPS) is 10.6. The molecule has 0 spiro atoms. The lowest BCUT2D eigenvalue weighted by atomic mass is 10.0. The van der Waals surface area contributed by atoms with Crippen molar-refractivity contribution in [3.8, 4) is 27.4 Å². The van der Waals surface area contributed by atoms with Crippen LogP contribution >= 0.6 is 11.3 Å². The van der Waals surface area contributed by atoms with Crippen LogP contribution in [0.2, 0.25) is 0 Å². The Morgan fingerprint density at radius 2 is 2.16 bits per heavy atom. The molecule has 2 aromatic heterocycles. The van der Waals surface area contributed by atoms with Gasteiger partial charge in [-0.1, -0.05) is 23.4 Å². The number of anilines is 1. The molecular formula is C14H12N2O2S. The molecule has 96 valence electrons. The van der Waals surface area contributed by atoms with E-state index in [2.05, 4.69) is 5.16 Å².